The van der Waals surface area contributed by atoms with Crippen molar-refractivity contribution in [1.29, 1.82) is 0 Å². The molecule has 0 radical (unpaired) electrons. The Bertz CT molecular complexity index is 645. The molecule has 1 aromatic carbocycles. The van der Waals surface area contributed by atoms with E-state index >= 15 is 0 Å². The van der Waals surface area contributed by atoms with Crippen LogP contribution < -0.4 is 10.6 Å². The fourth-order valence-corrected chi connectivity index (χ4v) is 3.28. The molecule has 1 saturated carbocycles. The van der Waals surface area contributed by atoms with Gasteiger partial charge in [0, 0.05) is 12.2 Å². The minimum atomic E-state index is -0.504. The van der Waals surface area contributed by atoms with Gasteiger partial charge in [-0.25, -0.2) is 4.98 Å². The van der Waals surface area contributed by atoms with Crippen molar-refractivity contribution in [3.05, 3.63) is 42.5 Å². The molecule has 1 aliphatic carbocycles. The summed E-state index contributed by atoms with van der Waals surface area (Å²) in [4.78, 5) is 16.8. The van der Waals surface area contributed by atoms with Gasteiger partial charge in [0.2, 0.25) is 5.91 Å². The number of nitrogens with zero attached hydrogens (tertiary/aromatic N) is 3. The molecule has 0 atom stereocenters. The zero-order valence-corrected chi connectivity index (χ0v) is 14.2. The van der Waals surface area contributed by atoms with E-state index in [0.717, 1.165) is 31.4 Å². The van der Waals surface area contributed by atoms with Crippen molar-refractivity contribution in [3.63, 3.8) is 0 Å². The van der Waals surface area contributed by atoms with E-state index in [2.05, 4.69) is 39.8 Å². The van der Waals surface area contributed by atoms with Crippen LogP contribution in [0.15, 0.2) is 36.9 Å². The quantitative estimate of drug-likeness (QED) is 0.855. The maximum absolute atomic E-state index is 12.9. The normalized spacial score (nSPS) is 16.5. The topological polar surface area (TPSA) is 71.8 Å². The fraction of sp³-hybridized carbons (Fsp3) is 0.500. The lowest BCUT2D eigenvalue weighted by Crippen LogP contribution is -2.54. The number of aromatic nitrogens is 3. The Kier molecular flexibility index (Phi) is 5.13. The molecule has 1 fully saturated rings. The van der Waals surface area contributed by atoms with Gasteiger partial charge in [-0.15, -0.1) is 0 Å². The Morgan fingerprint density at radius 2 is 1.96 bits per heavy atom. The lowest BCUT2D eigenvalue weighted by molar-refractivity contribution is -0.126. The molecular weight excluding hydrogens is 302 g/mol. The molecule has 0 unspecified atom stereocenters. The highest BCUT2D eigenvalue weighted by Gasteiger charge is 2.39. The molecule has 0 bridgehead atoms. The van der Waals surface area contributed by atoms with Crippen LogP contribution in [0.25, 0.3) is 0 Å². The number of aryl methyl sites for hydroxylation is 1. The highest BCUT2D eigenvalue weighted by molar-refractivity contribution is 5.89. The number of amides is 1. The van der Waals surface area contributed by atoms with Gasteiger partial charge in [-0.05, 0) is 31.9 Å². The summed E-state index contributed by atoms with van der Waals surface area (Å²) in [6.45, 7) is 3.25. The van der Waals surface area contributed by atoms with E-state index in [1.54, 1.807) is 11.0 Å². The molecule has 0 spiro atoms. The third-order valence-electron chi connectivity index (χ3n) is 4.67. The Morgan fingerprint density at radius 1 is 1.21 bits per heavy atom. The van der Waals surface area contributed by atoms with Crippen LogP contribution in [0.4, 0.5) is 5.69 Å². The van der Waals surface area contributed by atoms with Gasteiger partial charge in [0.05, 0.1) is 6.54 Å². The molecule has 1 aromatic heterocycles. The van der Waals surface area contributed by atoms with Crippen molar-refractivity contribution in [2.24, 2.45) is 0 Å². The van der Waals surface area contributed by atoms with Crippen LogP contribution in [-0.2, 0) is 11.3 Å². The summed E-state index contributed by atoms with van der Waals surface area (Å²) in [5, 5.41) is 10.6. The third-order valence-corrected chi connectivity index (χ3v) is 4.67. The molecule has 2 aromatic rings. The second-order valence-corrected chi connectivity index (χ2v) is 6.55. The van der Waals surface area contributed by atoms with Crippen LogP contribution in [0, 0.1) is 6.92 Å². The van der Waals surface area contributed by atoms with E-state index in [1.165, 1.54) is 18.3 Å². The minimum absolute atomic E-state index is 0.0860. The first-order valence-electron chi connectivity index (χ1n) is 8.64. The van der Waals surface area contributed by atoms with Crippen molar-refractivity contribution in [3.8, 4) is 0 Å². The third kappa shape index (κ3) is 3.93. The van der Waals surface area contributed by atoms with Crippen LogP contribution in [0.2, 0.25) is 0 Å². The largest absolute Gasteiger partial charge is 0.371 e. The maximum Gasteiger partial charge on any atom is 0.245 e. The average Bonchev–Trinajstić information content (AvgIpc) is 3.11. The highest BCUT2D eigenvalue weighted by atomic mass is 16.2. The molecule has 6 heteroatoms. The van der Waals surface area contributed by atoms with Gasteiger partial charge < -0.3 is 10.6 Å². The predicted octanol–water partition coefficient (Wildman–Crippen LogP) is 2.52. The summed E-state index contributed by atoms with van der Waals surface area (Å²) in [7, 11) is 0. The standard InChI is InChI=1S/C18H25N5O/c1-15-5-7-16(8-6-15)22-18(9-3-2-4-10-18)17(24)20-11-12-23-14-19-13-21-23/h5-8,13-14,22H,2-4,9-12H2,1H3,(H,20,24). The van der Waals surface area contributed by atoms with Crippen LogP contribution in [0.1, 0.15) is 37.7 Å². The lowest BCUT2D eigenvalue weighted by atomic mass is 9.80. The van der Waals surface area contributed by atoms with Crippen LogP contribution in [0.3, 0.4) is 0 Å². The Labute approximate surface area is 142 Å². The van der Waals surface area contributed by atoms with Gasteiger partial charge in [0.25, 0.3) is 0 Å². The van der Waals surface area contributed by atoms with Crippen molar-refractivity contribution >= 4 is 11.6 Å². The molecule has 1 amide bonds. The highest BCUT2D eigenvalue weighted by Crippen LogP contribution is 2.32. The SMILES string of the molecule is Cc1ccc(NC2(C(=O)NCCn3cncn3)CCCCC2)cc1. The number of benzene rings is 1. The van der Waals surface area contributed by atoms with E-state index in [9.17, 15) is 4.79 Å². The first-order chi connectivity index (χ1) is 11.7. The summed E-state index contributed by atoms with van der Waals surface area (Å²) < 4.78 is 1.72. The molecule has 24 heavy (non-hydrogen) atoms. The van der Waals surface area contributed by atoms with Crippen molar-refractivity contribution in [2.75, 3.05) is 11.9 Å². The van der Waals surface area contributed by atoms with E-state index in [0.29, 0.717) is 13.1 Å². The number of hydrogen-bond acceptors (Lipinski definition) is 4. The van der Waals surface area contributed by atoms with Crippen molar-refractivity contribution in [1.82, 2.24) is 20.1 Å². The van der Waals surface area contributed by atoms with Gasteiger partial charge in [-0.3, -0.25) is 9.48 Å². The average molecular weight is 327 g/mol. The van der Waals surface area contributed by atoms with Gasteiger partial charge in [-0.2, -0.15) is 5.10 Å². The zero-order chi connectivity index (χ0) is 16.8. The number of hydrogen-bond donors (Lipinski definition) is 2. The molecule has 128 valence electrons. The fourth-order valence-electron chi connectivity index (χ4n) is 3.28. The molecule has 1 aliphatic rings. The Morgan fingerprint density at radius 3 is 2.62 bits per heavy atom. The van der Waals surface area contributed by atoms with Crippen LogP contribution in [-0.4, -0.2) is 32.8 Å². The summed E-state index contributed by atoms with van der Waals surface area (Å²) in [6.07, 6.45) is 8.26. The predicted molar refractivity (Wildman–Crippen MR) is 93.6 cm³/mol. The first-order valence-corrected chi connectivity index (χ1v) is 8.64. The van der Waals surface area contributed by atoms with E-state index in [4.69, 9.17) is 0 Å². The molecule has 2 N–H and O–H groups in total. The van der Waals surface area contributed by atoms with E-state index < -0.39 is 5.54 Å². The van der Waals surface area contributed by atoms with Gasteiger partial charge in [0.15, 0.2) is 0 Å². The van der Waals surface area contributed by atoms with Crippen molar-refractivity contribution in [2.45, 2.75) is 51.1 Å². The minimum Gasteiger partial charge on any atom is -0.371 e. The second kappa shape index (κ2) is 7.47. The van der Waals surface area contributed by atoms with Gasteiger partial charge in [-0.1, -0.05) is 37.0 Å². The number of carbonyl (C=O) groups is 1. The van der Waals surface area contributed by atoms with E-state index in [-0.39, 0.29) is 5.91 Å². The first kappa shape index (κ1) is 16.5. The number of nitrogens with one attached hydrogen (secondary N) is 2. The van der Waals surface area contributed by atoms with Gasteiger partial charge in [0.1, 0.15) is 18.2 Å². The van der Waals surface area contributed by atoms with Crippen molar-refractivity contribution < 1.29 is 4.79 Å². The Balaban J connectivity index is 1.65. The summed E-state index contributed by atoms with van der Waals surface area (Å²) in [5.41, 5.74) is 1.72. The van der Waals surface area contributed by atoms with E-state index in [1.807, 2.05) is 12.1 Å². The summed E-state index contributed by atoms with van der Waals surface area (Å²) >= 11 is 0. The smallest absolute Gasteiger partial charge is 0.245 e. The Hall–Kier alpha value is -2.37. The monoisotopic (exact) mass is 327 g/mol. The zero-order valence-electron chi connectivity index (χ0n) is 14.2. The van der Waals surface area contributed by atoms with Crippen LogP contribution >= 0.6 is 0 Å². The molecule has 1 heterocycles. The number of anilines is 1. The maximum atomic E-state index is 12.9. The van der Waals surface area contributed by atoms with Crippen LogP contribution in [0.5, 0.6) is 0 Å². The summed E-state index contributed by atoms with van der Waals surface area (Å²) in [6, 6.07) is 8.24. The number of rotatable bonds is 6. The molecular formula is C18H25N5O. The molecule has 6 nitrogen and oxygen atoms in total. The second-order valence-electron chi connectivity index (χ2n) is 6.55. The molecule has 0 saturated heterocycles. The summed E-state index contributed by atoms with van der Waals surface area (Å²) in [5.74, 6) is 0.0860. The molecule has 3 rings (SSSR count). The molecule has 0 aliphatic heterocycles. The number of carbonyl (C=O) groups excluding carboxylic acids is 1. The lowest BCUT2D eigenvalue weighted by Gasteiger charge is -2.37. The van der Waals surface area contributed by atoms with Gasteiger partial charge >= 0.3 is 0 Å².